The maximum atomic E-state index is 12.0. The number of aromatic nitrogens is 1. The molecule has 1 heterocycles. The minimum Gasteiger partial charge on any atom is -0.391 e. The van der Waals surface area contributed by atoms with E-state index in [4.69, 9.17) is 0 Å². The number of hydrogen-bond acceptors (Lipinski definition) is 2. The first-order valence-electron chi connectivity index (χ1n) is 7.47. The number of aliphatic hydroxyl groups is 1. The van der Waals surface area contributed by atoms with Crippen molar-refractivity contribution in [3.8, 4) is 0 Å². The van der Waals surface area contributed by atoms with Crippen LogP contribution < -0.4 is 5.32 Å². The highest BCUT2D eigenvalue weighted by atomic mass is 16.3. The van der Waals surface area contributed by atoms with Gasteiger partial charge < -0.3 is 15.4 Å². The molecule has 0 fully saturated rings. The number of H-pyrrole nitrogens is 1. The van der Waals surface area contributed by atoms with E-state index >= 15 is 0 Å². The van der Waals surface area contributed by atoms with E-state index in [1.54, 1.807) is 0 Å². The molecule has 1 aromatic heterocycles. The van der Waals surface area contributed by atoms with E-state index in [0.717, 1.165) is 22.0 Å². The van der Waals surface area contributed by atoms with Gasteiger partial charge in [0.15, 0.2) is 0 Å². The summed E-state index contributed by atoms with van der Waals surface area (Å²) in [4.78, 5) is 15.2. The summed E-state index contributed by atoms with van der Waals surface area (Å²) in [6.07, 6.45) is 2.45. The molecule has 2 rings (SSSR count). The van der Waals surface area contributed by atoms with Gasteiger partial charge >= 0.3 is 0 Å². The molecule has 4 heteroatoms. The number of amides is 1. The molecular formula is C17H24N2O2. The zero-order chi connectivity index (χ0) is 15.4. The molecule has 1 aromatic carbocycles. The molecule has 0 spiro atoms. The van der Waals surface area contributed by atoms with Crippen LogP contribution in [0.2, 0.25) is 0 Å². The first-order valence-corrected chi connectivity index (χ1v) is 7.47. The second-order valence-corrected chi connectivity index (χ2v) is 6.08. The lowest BCUT2D eigenvalue weighted by Gasteiger charge is -2.13. The first-order chi connectivity index (χ1) is 9.97. The fourth-order valence-electron chi connectivity index (χ4n) is 2.69. The molecule has 21 heavy (non-hydrogen) atoms. The van der Waals surface area contributed by atoms with Crippen molar-refractivity contribution in [2.24, 2.45) is 5.92 Å². The lowest BCUT2D eigenvalue weighted by molar-refractivity contribution is -0.120. The Morgan fingerprint density at radius 1 is 1.38 bits per heavy atom. The van der Waals surface area contributed by atoms with E-state index in [-0.39, 0.29) is 5.91 Å². The minimum absolute atomic E-state index is 0.0537. The van der Waals surface area contributed by atoms with Crippen molar-refractivity contribution in [2.75, 3.05) is 6.54 Å². The zero-order valence-corrected chi connectivity index (χ0v) is 12.9. The second kappa shape index (κ2) is 6.76. The summed E-state index contributed by atoms with van der Waals surface area (Å²) in [5, 5.41) is 13.7. The molecule has 0 radical (unpaired) electrons. The molecule has 1 atom stereocenters. The Bertz CT molecular complexity index is 616. The van der Waals surface area contributed by atoms with E-state index in [0.29, 0.717) is 25.3 Å². The Balaban J connectivity index is 1.96. The Kier molecular flexibility index (Phi) is 5.02. The van der Waals surface area contributed by atoms with Gasteiger partial charge in [-0.05, 0) is 36.5 Å². The molecule has 1 amide bonds. The quantitative estimate of drug-likeness (QED) is 0.765. The van der Waals surface area contributed by atoms with Crippen LogP contribution in [0, 0.1) is 12.8 Å². The van der Waals surface area contributed by atoms with Gasteiger partial charge in [-0.1, -0.05) is 26.0 Å². The van der Waals surface area contributed by atoms with Crippen LogP contribution in [0.25, 0.3) is 10.9 Å². The van der Waals surface area contributed by atoms with Crippen molar-refractivity contribution in [3.05, 3.63) is 35.5 Å². The van der Waals surface area contributed by atoms with Crippen molar-refractivity contribution < 1.29 is 9.90 Å². The molecule has 114 valence electrons. The van der Waals surface area contributed by atoms with Crippen molar-refractivity contribution >= 4 is 16.8 Å². The fraction of sp³-hybridized carbons (Fsp3) is 0.471. The van der Waals surface area contributed by atoms with Crippen molar-refractivity contribution in [3.63, 3.8) is 0 Å². The molecule has 2 aromatic rings. The van der Waals surface area contributed by atoms with Gasteiger partial charge in [0.2, 0.25) is 5.91 Å². The van der Waals surface area contributed by atoms with Crippen molar-refractivity contribution in [1.82, 2.24) is 10.3 Å². The number of carbonyl (C=O) groups is 1. The monoisotopic (exact) mass is 288 g/mol. The zero-order valence-electron chi connectivity index (χ0n) is 12.9. The highest BCUT2D eigenvalue weighted by Crippen LogP contribution is 2.22. The van der Waals surface area contributed by atoms with Crippen LogP contribution in [0.4, 0.5) is 0 Å². The molecule has 0 aliphatic carbocycles. The van der Waals surface area contributed by atoms with Crippen LogP contribution in [0.15, 0.2) is 24.4 Å². The summed E-state index contributed by atoms with van der Waals surface area (Å²) >= 11 is 0. The molecule has 0 aliphatic rings. The fourth-order valence-corrected chi connectivity index (χ4v) is 2.69. The third-order valence-electron chi connectivity index (χ3n) is 3.63. The minimum atomic E-state index is -0.473. The van der Waals surface area contributed by atoms with Gasteiger partial charge in [0.1, 0.15) is 0 Å². The standard InChI is InChI=1S/C17H24N2O2/c1-11(2)7-14(20)10-19-16(21)8-13-9-18-15-6-4-5-12(3)17(13)15/h4-6,9,11,14,18,20H,7-8,10H2,1-3H3,(H,19,21). The van der Waals surface area contributed by atoms with Crippen molar-refractivity contribution in [2.45, 2.75) is 39.7 Å². The van der Waals surface area contributed by atoms with E-state index in [9.17, 15) is 9.90 Å². The summed E-state index contributed by atoms with van der Waals surface area (Å²) < 4.78 is 0. The van der Waals surface area contributed by atoms with Gasteiger partial charge in [-0.2, -0.15) is 0 Å². The predicted molar refractivity (Wildman–Crippen MR) is 85.2 cm³/mol. The van der Waals surface area contributed by atoms with E-state index in [1.165, 1.54) is 0 Å². The Morgan fingerprint density at radius 3 is 2.86 bits per heavy atom. The van der Waals surface area contributed by atoms with Crippen LogP contribution in [-0.4, -0.2) is 28.6 Å². The predicted octanol–water partition coefficient (Wildman–Crippen LogP) is 2.54. The van der Waals surface area contributed by atoms with Gasteiger partial charge in [-0.25, -0.2) is 0 Å². The molecule has 4 nitrogen and oxygen atoms in total. The third-order valence-corrected chi connectivity index (χ3v) is 3.63. The molecule has 0 aliphatic heterocycles. The van der Waals surface area contributed by atoms with Gasteiger partial charge in [-0.3, -0.25) is 4.79 Å². The SMILES string of the molecule is Cc1cccc2[nH]cc(CC(=O)NCC(O)CC(C)C)c12. The van der Waals surface area contributed by atoms with Crippen LogP contribution in [0.5, 0.6) is 0 Å². The van der Waals surface area contributed by atoms with Gasteiger partial charge in [0.05, 0.1) is 12.5 Å². The molecule has 0 bridgehead atoms. The van der Waals surface area contributed by atoms with Gasteiger partial charge in [0.25, 0.3) is 0 Å². The number of aliphatic hydroxyl groups excluding tert-OH is 1. The number of carbonyl (C=O) groups excluding carboxylic acids is 1. The maximum Gasteiger partial charge on any atom is 0.224 e. The Morgan fingerprint density at radius 2 is 2.14 bits per heavy atom. The van der Waals surface area contributed by atoms with Gasteiger partial charge in [0, 0.05) is 23.6 Å². The van der Waals surface area contributed by atoms with Gasteiger partial charge in [-0.15, -0.1) is 0 Å². The highest BCUT2D eigenvalue weighted by molar-refractivity contribution is 5.91. The van der Waals surface area contributed by atoms with Crippen LogP contribution in [0.3, 0.4) is 0 Å². The molecule has 0 saturated heterocycles. The summed E-state index contributed by atoms with van der Waals surface area (Å²) in [6, 6.07) is 6.06. The second-order valence-electron chi connectivity index (χ2n) is 6.08. The first kappa shape index (κ1) is 15.6. The smallest absolute Gasteiger partial charge is 0.224 e. The highest BCUT2D eigenvalue weighted by Gasteiger charge is 2.12. The average Bonchev–Trinajstić information content (AvgIpc) is 2.80. The lowest BCUT2D eigenvalue weighted by Crippen LogP contribution is -2.33. The van der Waals surface area contributed by atoms with Crippen LogP contribution in [0.1, 0.15) is 31.4 Å². The number of benzene rings is 1. The molecule has 1 unspecified atom stereocenters. The lowest BCUT2D eigenvalue weighted by atomic mass is 10.0. The number of rotatable bonds is 6. The largest absolute Gasteiger partial charge is 0.391 e. The number of hydrogen-bond donors (Lipinski definition) is 3. The Labute approximate surface area is 125 Å². The number of aromatic amines is 1. The maximum absolute atomic E-state index is 12.0. The van der Waals surface area contributed by atoms with E-state index in [2.05, 4.69) is 24.1 Å². The third kappa shape index (κ3) is 4.08. The van der Waals surface area contributed by atoms with Crippen LogP contribution >= 0.6 is 0 Å². The normalized spacial score (nSPS) is 12.8. The number of nitrogens with one attached hydrogen (secondary N) is 2. The molecular weight excluding hydrogens is 264 g/mol. The van der Waals surface area contributed by atoms with E-state index in [1.807, 2.05) is 31.3 Å². The average molecular weight is 288 g/mol. The molecule has 0 saturated carbocycles. The number of aryl methyl sites for hydroxylation is 1. The van der Waals surface area contributed by atoms with Crippen LogP contribution in [-0.2, 0) is 11.2 Å². The summed E-state index contributed by atoms with van der Waals surface area (Å²) in [7, 11) is 0. The van der Waals surface area contributed by atoms with Crippen molar-refractivity contribution in [1.29, 1.82) is 0 Å². The molecule has 3 N–H and O–H groups in total. The topological polar surface area (TPSA) is 65.1 Å². The number of fused-ring (bicyclic) bond motifs is 1. The summed E-state index contributed by atoms with van der Waals surface area (Å²) in [5.74, 6) is 0.370. The summed E-state index contributed by atoms with van der Waals surface area (Å²) in [6.45, 7) is 6.47. The Hall–Kier alpha value is -1.81. The summed E-state index contributed by atoms with van der Waals surface area (Å²) in [5.41, 5.74) is 3.22. The van der Waals surface area contributed by atoms with E-state index < -0.39 is 6.10 Å².